The van der Waals surface area contributed by atoms with E-state index in [1.165, 1.54) is 11.3 Å². The van der Waals surface area contributed by atoms with Gasteiger partial charge in [-0.25, -0.2) is 9.97 Å². The molecule has 0 atom stereocenters. The molecule has 0 aliphatic rings. The molecule has 3 aromatic rings. The summed E-state index contributed by atoms with van der Waals surface area (Å²) < 4.78 is 1.56. The second-order valence-electron chi connectivity index (χ2n) is 5.40. The first-order chi connectivity index (χ1) is 10.9. The van der Waals surface area contributed by atoms with Crippen LogP contribution < -0.4 is 5.32 Å². The van der Waals surface area contributed by atoms with Crippen molar-refractivity contribution in [3.05, 3.63) is 51.1 Å². The Morgan fingerprint density at radius 1 is 1.04 bits per heavy atom. The molecule has 6 nitrogen and oxygen atoms in total. The van der Waals surface area contributed by atoms with Gasteiger partial charge in [-0.2, -0.15) is 9.78 Å². The van der Waals surface area contributed by atoms with Gasteiger partial charge in [0.05, 0.1) is 10.6 Å². The zero-order valence-corrected chi connectivity index (χ0v) is 14.2. The van der Waals surface area contributed by atoms with Crippen molar-refractivity contribution in [2.75, 3.05) is 5.32 Å². The average Bonchev–Trinajstić information content (AvgIpc) is 3.04. The molecule has 0 fully saturated rings. The van der Waals surface area contributed by atoms with Crippen LogP contribution in [0.25, 0.3) is 5.95 Å². The first-order valence-electron chi connectivity index (χ1n) is 7.19. The lowest BCUT2D eigenvalue weighted by atomic mass is 10.3. The van der Waals surface area contributed by atoms with E-state index in [1.54, 1.807) is 10.7 Å². The van der Waals surface area contributed by atoms with Crippen molar-refractivity contribution in [3.63, 3.8) is 0 Å². The smallest absolute Gasteiger partial charge is 0.266 e. The lowest BCUT2D eigenvalue weighted by Crippen LogP contribution is -2.15. The quantitative estimate of drug-likeness (QED) is 0.802. The third kappa shape index (κ3) is 3.29. The largest absolute Gasteiger partial charge is 0.306 e. The van der Waals surface area contributed by atoms with Crippen molar-refractivity contribution in [1.82, 2.24) is 19.7 Å². The van der Waals surface area contributed by atoms with Crippen molar-refractivity contribution >= 4 is 23.1 Å². The van der Waals surface area contributed by atoms with E-state index in [0.29, 0.717) is 16.6 Å². The number of aryl methyl sites for hydroxylation is 4. The number of aromatic nitrogens is 4. The predicted molar refractivity (Wildman–Crippen MR) is 90.4 cm³/mol. The molecule has 0 aliphatic heterocycles. The predicted octanol–water partition coefficient (Wildman–Crippen LogP) is 3.21. The van der Waals surface area contributed by atoms with Crippen molar-refractivity contribution in [2.45, 2.75) is 27.7 Å². The highest BCUT2D eigenvalue weighted by molar-refractivity contribution is 7.14. The van der Waals surface area contributed by atoms with E-state index < -0.39 is 0 Å². The second kappa shape index (κ2) is 5.92. The summed E-state index contributed by atoms with van der Waals surface area (Å²) in [6.45, 7) is 7.64. The number of amides is 1. The lowest BCUT2D eigenvalue weighted by molar-refractivity contribution is 0.103. The Kier molecular flexibility index (Phi) is 3.96. The molecule has 0 radical (unpaired) electrons. The molecule has 23 heavy (non-hydrogen) atoms. The Hall–Kier alpha value is -2.54. The van der Waals surface area contributed by atoms with Crippen LogP contribution in [0.1, 0.15) is 31.6 Å². The molecule has 0 unspecified atom stereocenters. The topological polar surface area (TPSA) is 72.7 Å². The van der Waals surface area contributed by atoms with Gasteiger partial charge < -0.3 is 5.32 Å². The zero-order chi connectivity index (χ0) is 16.6. The monoisotopic (exact) mass is 327 g/mol. The van der Waals surface area contributed by atoms with Crippen molar-refractivity contribution < 1.29 is 4.79 Å². The fraction of sp³-hybridized carbons (Fsp3) is 0.250. The van der Waals surface area contributed by atoms with Gasteiger partial charge in [-0.3, -0.25) is 4.79 Å². The summed E-state index contributed by atoms with van der Waals surface area (Å²) in [5.74, 6) is 0.852. The summed E-state index contributed by atoms with van der Waals surface area (Å²) in [6.07, 6.45) is 0. The summed E-state index contributed by atoms with van der Waals surface area (Å²) in [7, 11) is 0. The molecule has 0 saturated carbocycles. The van der Waals surface area contributed by atoms with Crippen molar-refractivity contribution in [2.24, 2.45) is 0 Å². The molecule has 0 saturated heterocycles. The number of carbonyl (C=O) groups excluding carboxylic acids is 1. The summed E-state index contributed by atoms with van der Waals surface area (Å²) >= 11 is 1.46. The van der Waals surface area contributed by atoms with E-state index in [0.717, 1.165) is 22.0 Å². The van der Waals surface area contributed by atoms with Gasteiger partial charge in [0.1, 0.15) is 5.82 Å². The number of hydrogen-bond acceptors (Lipinski definition) is 5. The summed E-state index contributed by atoms with van der Waals surface area (Å²) in [4.78, 5) is 22.9. The number of nitrogens with zero attached hydrogens (tertiary/aromatic N) is 4. The third-order valence-corrected chi connectivity index (χ3v) is 4.20. The summed E-state index contributed by atoms with van der Waals surface area (Å²) in [5, 5.41) is 7.29. The Balaban J connectivity index is 1.96. The van der Waals surface area contributed by atoms with E-state index in [2.05, 4.69) is 20.4 Å². The number of rotatable bonds is 3. The molecule has 3 heterocycles. The highest BCUT2D eigenvalue weighted by Crippen LogP contribution is 2.19. The van der Waals surface area contributed by atoms with Crippen LogP contribution in [0.2, 0.25) is 0 Å². The lowest BCUT2D eigenvalue weighted by Gasteiger charge is -2.08. The van der Waals surface area contributed by atoms with Gasteiger partial charge in [-0.05, 0) is 45.9 Å². The van der Waals surface area contributed by atoms with Gasteiger partial charge in [-0.15, -0.1) is 11.3 Å². The third-order valence-electron chi connectivity index (χ3n) is 3.20. The Morgan fingerprint density at radius 2 is 1.74 bits per heavy atom. The van der Waals surface area contributed by atoms with E-state index in [4.69, 9.17) is 0 Å². The Bertz CT molecular complexity index is 860. The molecule has 1 N–H and O–H groups in total. The maximum Gasteiger partial charge on any atom is 0.266 e. The minimum atomic E-state index is -0.159. The number of nitrogens with one attached hydrogen (secondary N) is 1. The van der Waals surface area contributed by atoms with Crippen molar-refractivity contribution in [1.29, 1.82) is 0 Å². The van der Waals surface area contributed by atoms with Crippen LogP contribution in [0.15, 0.2) is 24.3 Å². The molecule has 0 aromatic carbocycles. The average molecular weight is 327 g/mol. The summed E-state index contributed by atoms with van der Waals surface area (Å²) in [6, 6.07) is 7.44. The van der Waals surface area contributed by atoms with Crippen LogP contribution in [0.5, 0.6) is 0 Å². The van der Waals surface area contributed by atoms with Gasteiger partial charge in [0.25, 0.3) is 11.9 Å². The molecule has 0 spiro atoms. The molecule has 3 aromatic heterocycles. The van der Waals surface area contributed by atoms with Gasteiger partial charge in [0, 0.05) is 22.3 Å². The fourth-order valence-corrected chi connectivity index (χ4v) is 3.04. The highest BCUT2D eigenvalue weighted by atomic mass is 32.1. The van der Waals surface area contributed by atoms with E-state index in [-0.39, 0.29) is 5.91 Å². The number of carbonyl (C=O) groups is 1. The maximum atomic E-state index is 12.4. The van der Waals surface area contributed by atoms with Gasteiger partial charge in [0.2, 0.25) is 0 Å². The minimum absolute atomic E-state index is 0.159. The SMILES string of the molecule is Cc1cc(C)nc(-n2nc(C)cc2NC(=O)c2ccc(C)s2)n1. The molecule has 118 valence electrons. The van der Waals surface area contributed by atoms with Crippen molar-refractivity contribution in [3.8, 4) is 5.95 Å². The number of thiophene rings is 1. The number of hydrogen-bond donors (Lipinski definition) is 1. The standard InChI is InChI=1S/C16H17N5OS/c1-9-7-10(2)18-16(17-9)21-14(8-11(3)20-21)19-15(22)13-6-5-12(4)23-13/h5-8H,1-4H3,(H,19,22). The van der Waals surface area contributed by atoms with E-state index in [9.17, 15) is 4.79 Å². The molecular weight excluding hydrogens is 310 g/mol. The maximum absolute atomic E-state index is 12.4. The molecule has 0 bridgehead atoms. The first-order valence-corrected chi connectivity index (χ1v) is 8.01. The van der Waals surface area contributed by atoms with E-state index >= 15 is 0 Å². The zero-order valence-electron chi connectivity index (χ0n) is 13.4. The second-order valence-corrected chi connectivity index (χ2v) is 6.69. The molecule has 7 heteroatoms. The Labute approximate surface area is 138 Å². The van der Waals surface area contributed by atoms with Crippen LogP contribution in [0, 0.1) is 27.7 Å². The van der Waals surface area contributed by atoms with Gasteiger partial charge in [0.15, 0.2) is 0 Å². The molecule has 0 aliphatic carbocycles. The number of anilines is 1. The van der Waals surface area contributed by atoms with Crippen LogP contribution in [-0.2, 0) is 0 Å². The van der Waals surface area contributed by atoms with Crippen LogP contribution in [-0.4, -0.2) is 25.7 Å². The van der Waals surface area contributed by atoms with Crippen LogP contribution >= 0.6 is 11.3 Å². The molecule has 1 amide bonds. The summed E-state index contributed by atoms with van der Waals surface area (Å²) in [5.41, 5.74) is 2.49. The normalized spacial score (nSPS) is 10.8. The molecular formula is C16H17N5OS. The Morgan fingerprint density at radius 3 is 2.35 bits per heavy atom. The van der Waals surface area contributed by atoms with Crippen LogP contribution in [0.3, 0.4) is 0 Å². The minimum Gasteiger partial charge on any atom is -0.306 e. The first kappa shape index (κ1) is 15.4. The molecule has 3 rings (SSSR count). The highest BCUT2D eigenvalue weighted by Gasteiger charge is 2.15. The van der Waals surface area contributed by atoms with Gasteiger partial charge >= 0.3 is 0 Å². The fourth-order valence-electron chi connectivity index (χ4n) is 2.28. The van der Waals surface area contributed by atoms with Gasteiger partial charge in [-0.1, -0.05) is 0 Å². The van der Waals surface area contributed by atoms with Crippen LogP contribution in [0.4, 0.5) is 5.82 Å². The van der Waals surface area contributed by atoms with E-state index in [1.807, 2.05) is 45.9 Å².